The van der Waals surface area contributed by atoms with Gasteiger partial charge in [-0.05, 0) is 23.3 Å². The third kappa shape index (κ3) is 5.31. The summed E-state index contributed by atoms with van der Waals surface area (Å²) in [6.07, 6.45) is -0.0145. The van der Waals surface area contributed by atoms with E-state index < -0.39 is 23.9 Å². The molecule has 0 spiro atoms. The fourth-order valence-electron chi connectivity index (χ4n) is 2.61. The second-order valence-electron chi connectivity index (χ2n) is 6.01. The summed E-state index contributed by atoms with van der Waals surface area (Å²) < 4.78 is 0. The average molecular weight is 360 g/mol. The lowest BCUT2D eigenvalue weighted by atomic mass is 9.93. The van der Waals surface area contributed by atoms with Crippen molar-refractivity contribution in [3.05, 3.63) is 70.7 Å². The smallest absolute Gasteiger partial charge is 0.225 e. The van der Waals surface area contributed by atoms with Crippen LogP contribution in [0.5, 0.6) is 0 Å². The van der Waals surface area contributed by atoms with Crippen molar-refractivity contribution in [2.75, 3.05) is 0 Å². The molecule has 3 atom stereocenters. The van der Waals surface area contributed by atoms with E-state index in [-0.39, 0.29) is 12.3 Å². The molecular weight excluding hydrogens is 338 g/mol. The standard InChI is InChI=1S/C19H22ClN3O2/c1-12(18(22)13-6-3-2-4-7-13)19(25)23-16(11-17(21)24)14-8-5-9-15(20)10-14/h2-10,12,16,18H,11,22H2,1H3,(H2,21,24)(H,23,25)/t12?,16-,18?/m1/s1. The molecule has 0 aromatic heterocycles. The SMILES string of the molecule is CC(C(=O)N[C@H](CC(N)=O)c1cccc(Cl)c1)C(N)c1ccccc1. The molecule has 6 heteroatoms. The molecular formula is C19H22ClN3O2. The third-order valence-electron chi connectivity index (χ3n) is 4.11. The Morgan fingerprint density at radius 3 is 2.32 bits per heavy atom. The summed E-state index contributed by atoms with van der Waals surface area (Å²) in [6.45, 7) is 1.76. The first-order valence-electron chi connectivity index (χ1n) is 8.03. The number of benzene rings is 2. The number of amides is 2. The molecule has 5 nitrogen and oxygen atoms in total. The monoisotopic (exact) mass is 359 g/mol. The molecule has 0 bridgehead atoms. The number of nitrogens with two attached hydrogens (primary N) is 2. The molecule has 5 N–H and O–H groups in total. The fraction of sp³-hybridized carbons (Fsp3) is 0.263. The molecule has 2 aromatic carbocycles. The largest absolute Gasteiger partial charge is 0.370 e. The van der Waals surface area contributed by atoms with Crippen LogP contribution in [0, 0.1) is 5.92 Å². The van der Waals surface area contributed by atoms with Crippen LogP contribution in [0.4, 0.5) is 0 Å². The predicted molar refractivity (Wildman–Crippen MR) is 98.7 cm³/mol. The molecule has 2 rings (SSSR count). The maximum atomic E-state index is 12.6. The highest BCUT2D eigenvalue weighted by Gasteiger charge is 2.25. The van der Waals surface area contributed by atoms with Gasteiger partial charge in [0.2, 0.25) is 11.8 Å². The van der Waals surface area contributed by atoms with Crippen LogP contribution in [0.3, 0.4) is 0 Å². The Labute approximate surface area is 152 Å². The zero-order valence-corrected chi connectivity index (χ0v) is 14.7. The minimum atomic E-state index is -0.547. The van der Waals surface area contributed by atoms with Gasteiger partial charge in [0.25, 0.3) is 0 Å². The van der Waals surface area contributed by atoms with Gasteiger partial charge in [-0.2, -0.15) is 0 Å². The van der Waals surface area contributed by atoms with E-state index in [1.807, 2.05) is 30.3 Å². The van der Waals surface area contributed by atoms with Gasteiger partial charge in [-0.15, -0.1) is 0 Å². The van der Waals surface area contributed by atoms with E-state index >= 15 is 0 Å². The molecule has 2 amide bonds. The van der Waals surface area contributed by atoms with Crippen LogP contribution in [0.25, 0.3) is 0 Å². The second-order valence-corrected chi connectivity index (χ2v) is 6.45. The van der Waals surface area contributed by atoms with Crippen LogP contribution in [0.15, 0.2) is 54.6 Å². The lowest BCUT2D eigenvalue weighted by Crippen LogP contribution is -2.39. The van der Waals surface area contributed by atoms with Gasteiger partial charge in [-0.25, -0.2) is 0 Å². The van der Waals surface area contributed by atoms with Crippen molar-refractivity contribution in [1.82, 2.24) is 5.32 Å². The van der Waals surface area contributed by atoms with Crippen LogP contribution in [0.2, 0.25) is 5.02 Å². The zero-order valence-electron chi connectivity index (χ0n) is 14.0. The van der Waals surface area contributed by atoms with Crippen molar-refractivity contribution in [2.45, 2.75) is 25.4 Å². The highest BCUT2D eigenvalue weighted by atomic mass is 35.5. The number of nitrogens with one attached hydrogen (secondary N) is 1. The number of carbonyl (C=O) groups is 2. The Balaban J connectivity index is 2.14. The Kier molecular flexibility index (Phi) is 6.56. The van der Waals surface area contributed by atoms with Gasteiger partial charge < -0.3 is 16.8 Å². The zero-order chi connectivity index (χ0) is 18.4. The number of rotatable bonds is 7. The second kappa shape index (κ2) is 8.65. The summed E-state index contributed by atoms with van der Waals surface area (Å²) in [4.78, 5) is 24.0. The lowest BCUT2D eigenvalue weighted by Gasteiger charge is -2.24. The maximum Gasteiger partial charge on any atom is 0.225 e. The van der Waals surface area contributed by atoms with Gasteiger partial charge in [-0.1, -0.05) is 61.0 Å². The quantitative estimate of drug-likeness (QED) is 0.708. The minimum absolute atomic E-state index is 0.0145. The Bertz CT molecular complexity index is 736. The first-order valence-corrected chi connectivity index (χ1v) is 8.41. The highest BCUT2D eigenvalue weighted by Crippen LogP contribution is 2.23. The molecule has 25 heavy (non-hydrogen) atoms. The van der Waals surface area contributed by atoms with Crippen molar-refractivity contribution < 1.29 is 9.59 Å². The lowest BCUT2D eigenvalue weighted by molar-refractivity contribution is -0.126. The van der Waals surface area contributed by atoms with E-state index in [1.165, 1.54) is 0 Å². The first kappa shape index (κ1) is 19.0. The van der Waals surface area contributed by atoms with Crippen LogP contribution in [-0.4, -0.2) is 11.8 Å². The Morgan fingerprint density at radius 1 is 1.08 bits per heavy atom. The predicted octanol–water partition coefficient (Wildman–Crippen LogP) is 2.71. The Hall–Kier alpha value is -2.37. The molecule has 0 saturated heterocycles. The molecule has 0 radical (unpaired) electrons. The maximum absolute atomic E-state index is 12.6. The minimum Gasteiger partial charge on any atom is -0.370 e. The van der Waals surface area contributed by atoms with E-state index in [1.54, 1.807) is 31.2 Å². The van der Waals surface area contributed by atoms with E-state index in [9.17, 15) is 9.59 Å². The highest BCUT2D eigenvalue weighted by molar-refractivity contribution is 6.30. The van der Waals surface area contributed by atoms with Gasteiger partial charge >= 0.3 is 0 Å². The number of hydrogen-bond donors (Lipinski definition) is 3. The van der Waals surface area contributed by atoms with E-state index in [4.69, 9.17) is 23.1 Å². The fourth-order valence-corrected chi connectivity index (χ4v) is 2.81. The van der Waals surface area contributed by atoms with Crippen LogP contribution < -0.4 is 16.8 Å². The summed E-state index contributed by atoms with van der Waals surface area (Å²) in [5, 5.41) is 3.39. The van der Waals surface area contributed by atoms with Crippen LogP contribution in [-0.2, 0) is 9.59 Å². The van der Waals surface area contributed by atoms with Crippen molar-refractivity contribution in [2.24, 2.45) is 17.4 Å². The molecule has 2 aromatic rings. The van der Waals surface area contributed by atoms with Crippen molar-refractivity contribution in [3.63, 3.8) is 0 Å². The molecule has 0 aliphatic rings. The van der Waals surface area contributed by atoms with Crippen molar-refractivity contribution >= 4 is 23.4 Å². The van der Waals surface area contributed by atoms with Crippen molar-refractivity contribution in [1.29, 1.82) is 0 Å². The van der Waals surface area contributed by atoms with Gasteiger partial charge in [0.05, 0.1) is 18.4 Å². The number of hydrogen-bond acceptors (Lipinski definition) is 3. The van der Waals surface area contributed by atoms with E-state index in [0.29, 0.717) is 5.02 Å². The number of primary amides is 1. The number of halogens is 1. The molecule has 0 saturated carbocycles. The topological polar surface area (TPSA) is 98.2 Å². The summed E-state index contributed by atoms with van der Waals surface area (Å²) in [5.41, 5.74) is 13.1. The van der Waals surface area contributed by atoms with Gasteiger partial charge in [0.15, 0.2) is 0 Å². The average Bonchev–Trinajstić information content (AvgIpc) is 2.60. The summed E-state index contributed by atoms with van der Waals surface area (Å²) >= 11 is 6.01. The Morgan fingerprint density at radius 2 is 1.72 bits per heavy atom. The summed E-state index contributed by atoms with van der Waals surface area (Å²) in [5.74, 6) is -1.23. The molecule has 0 aliphatic heterocycles. The number of carbonyl (C=O) groups excluding carboxylic acids is 2. The van der Waals surface area contributed by atoms with Gasteiger partial charge in [-0.3, -0.25) is 9.59 Å². The van der Waals surface area contributed by atoms with Gasteiger partial charge in [0, 0.05) is 11.1 Å². The molecule has 0 fully saturated rings. The molecule has 2 unspecified atom stereocenters. The van der Waals surface area contributed by atoms with E-state index in [0.717, 1.165) is 11.1 Å². The molecule has 0 aliphatic carbocycles. The third-order valence-corrected chi connectivity index (χ3v) is 4.34. The first-order chi connectivity index (χ1) is 11.9. The van der Waals surface area contributed by atoms with Crippen molar-refractivity contribution in [3.8, 4) is 0 Å². The summed E-state index contributed by atoms with van der Waals surface area (Å²) in [7, 11) is 0. The van der Waals surface area contributed by atoms with Crippen LogP contribution in [0.1, 0.15) is 36.6 Å². The van der Waals surface area contributed by atoms with E-state index in [2.05, 4.69) is 5.32 Å². The van der Waals surface area contributed by atoms with Crippen LogP contribution >= 0.6 is 11.6 Å². The normalized spacial score (nSPS) is 14.4. The molecule has 0 heterocycles. The summed E-state index contributed by atoms with van der Waals surface area (Å²) in [6, 6.07) is 15.4. The van der Waals surface area contributed by atoms with Gasteiger partial charge in [0.1, 0.15) is 0 Å². The molecule has 132 valence electrons.